The van der Waals surface area contributed by atoms with E-state index in [2.05, 4.69) is 5.32 Å². The van der Waals surface area contributed by atoms with E-state index in [4.69, 9.17) is 0 Å². The van der Waals surface area contributed by atoms with Crippen molar-refractivity contribution < 1.29 is 26.3 Å². The molecule has 0 atom stereocenters. The Bertz CT molecular complexity index is 877. The SMILES string of the molecule is CC/C(C)=C/C(=C\C(C(NCc1ccc(F)c(F)c1)=C1CC1)=C(/C)F)C(F)(F)F. The van der Waals surface area contributed by atoms with Gasteiger partial charge in [-0.3, -0.25) is 0 Å². The Labute approximate surface area is 166 Å². The molecule has 0 heterocycles. The molecule has 1 aromatic rings. The molecule has 29 heavy (non-hydrogen) atoms. The van der Waals surface area contributed by atoms with Gasteiger partial charge in [0.25, 0.3) is 0 Å². The van der Waals surface area contributed by atoms with Crippen LogP contribution in [-0.2, 0) is 6.54 Å². The fourth-order valence-corrected chi connectivity index (χ4v) is 2.64. The van der Waals surface area contributed by atoms with Crippen LogP contribution in [0, 0.1) is 11.6 Å². The van der Waals surface area contributed by atoms with Crippen molar-refractivity contribution in [1.82, 2.24) is 5.32 Å². The average Bonchev–Trinajstić information content (AvgIpc) is 3.46. The minimum atomic E-state index is -4.64. The van der Waals surface area contributed by atoms with E-state index >= 15 is 0 Å². The van der Waals surface area contributed by atoms with Crippen LogP contribution in [0.3, 0.4) is 0 Å². The summed E-state index contributed by atoms with van der Waals surface area (Å²) in [4.78, 5) is 0. The maximum atomic E-state index is 14.3. The summed E-state index contributed by atoms with van der Waals surface area (Å²) in [6.45, 7) is 4.43. The highest BCUT2D eigenvalue weighted by Crippen LogP contribution is 2.37. The van der Waals surface area contributed by atoms with Crippen molar-refractivity contribution in [3.63, 3.8) is 0 Å². The molecule has 2 rings (SSSR count). The molecular weight excluding hydrogens is 392 g/mol. The molecule has 0 saturated heterocycles. The lowest BCUT2D eigenvalue weighted by Crippen LogP contribution is -2.17. The summed E-state index contributed by atoms with van der Waals surface area (Å²) in [5.41, 5.74) is 0.817. The zero-order chi connectivity index (χ0) is 21.8. The van der Waals surface area contributed by atoms with Crippen LogP contribution in [0.1, 0.15) is 45.6 Å². The van der Waals surface area contributed by atoms with Gasteiger partial charge in [0.15, 0.2) is 11.6 Å². The smallest absolute Gasteiger partial charge is 0.380 e. The van der Waals surface area contributed by atoms with Crippen molar-refractivity contribution in [3.8, 4) is 0 Å². The van der Waals surface area contributed by atoms with Crippen LogP contribution in [-0.4, -0.2) is 6.18 Å². The van der Waals surface area contributed by atoms with E-state index in [-0.39, 0.29) is 17.8 Å². The third kappa shape index (κ3) is 6.54. The Morgan fingerprint density at radius 1 is 1.07 bits per heavy atom. The molecular formula is C22H23F6N. The maximum Gasteiger partial charge on any atom is 0.416 e. The number of benzene rings is 1. The normalized spacial score (nSPS) is 16.0. The molecule has 0 unspecified atom stereocenters. The van der Waals surface area contributed by atoms with Gasteiger partial charge in [0.2, 0.25) is 0 Å². The fraction of sp³-hybridized carbons (Fsp3) is 0.364. The number of allylic oxidation sites excluding steroid dienone is 6. The Balaban J connectivity index is 2.39. The van der Waals surface area contributed by atoms with Gasteiger partial charge in [0.1, 0.15) is 5.83 Å². The van der Waals surface area contributed by atoms with E-state index in [1.165, 1.54) is 6.07 Å². The molecule has 1 aliphatic rings. The van der Waals surface area contributed by atoms with Gasteiger partial charge in [-0.15, -0.1) is 0 Å². The van der Waals surface area contributed by atoms with Crippen molar-refractivity contribution in [2.45, 2.75) is 52.8 Å². The molecule has 1 aromatic carbocycles. The van der Waals surface area contributed by atoms with E-state index in [9.17, 15) is 26.3 Å². The zero-order valence-electron chi connectivity index (χ0n) is 16.5. The maximum absolute atomic E-state index is 14.3. The highest BCUT2D eigenvalue weighted by atomic mass is 19.4. The molecule has 1 fully saturated rings. The van der Waals surface area contributed by atoms with Crippen molar-refractivity contribution in [2.75, 3.05) is 0 Å². The minimum absolute atomic E-state index is 0.0197. The van der Waals surface area contributed by atoms with Crippen molar-refractivity contribution in [3.05, 3.63) is 81.4 Å². The summed E-state index contributed by atoms with van der Waals surface area (Å²) in [6, 6.07) is 3.32. The minimum Gasteiger partial charge on any atom is -0.380 e. The van der Waals surface area contributed by atoms with Gasteiger partial charge in [-0.2, -0.15) is 13.2 Å². The van der Waals surface area contributed by atoms with Crippen LogP contribution in [0.5, 0.6) is 0 Å². The van der Waals surface area contributed by atoms with E-state index in [0.29, 0.717) is 30.4 Å². The van der Waals surface area contributed by atoms with Gasteiger partial charge in [-0.25, -0.2) is 13.2 Å². The van der Waals surface area contributed by atoms with E-state index < -0.39 is 29.2 Å². The molecule has 0 radical (unpaired) electrons. The standard InChI is InChI=1S/C22H23F6N/c1-4-13(2)9-17(22(26,27)28)11-18(14(3)23)21(16-6-7-16)29-12-15-5-8-19(24)20(25)10-15/h5,8-11,29H,4,6-7,12H2,1-3H3/b13-9+,17-11+,18-14-. The fourth-order valence-electron chi connectivity index (χ4n) is 2.64. The molecule has 7 heteroatoms. The Morgan fingerprint density at radius 2 is 1.72 bits per heavy atom. The van der Waals surface area contributed by atoms with E-state index in [0.717, 1.165) is 36.8 Å². The molecule has 1 aliphatic carbocycles. The first-order valence-corrected chi connectivity index (χ1v) is 9.25. The molecule has 0 aromatic heterocycles. The number of halogens is 6. The van der Waals surface area contributed by atoms with Gasteiger partial charge < -0.3 is 5.32 Å². The average molecular weight is 415 g/mol. The van der Waals surface area contributed by atoms with Gasteiger partial charge >= 0.3 is 6.18 Å². The number of hydrogen-bond acceptors (Lipinski definition) is 1. The van der Waals surface area contributed by atoms with Crippen molar-refractivity contribution >= 4 is 0 Å². The van der Waals surface area contributed by atoms with Gasteiger partial charge in [0, 0.05) is 17.8 Å². The molecule has 0 amide bonds. The molecule has 0 bridgehead atoms. The number of hydrogen-bond donors (Lipinski definition) is 1. The Hall–Kier alpha value is -2.44. The number of rotatable bonds is 7. The molecule has 1 saturated carbocycles. The van der Waals surface area contributed by atoms with Crippen LogP contribution in [0.2, 0.25) is 0 Å². The van der Waals surface area contributed by atoms with E-state index in [1.54, 1.807) is 13.8 Å². The summed E-state index contributed by atoms with van der Waals surface area (Å²) >= 11 is 0. The second kappa shape index (κ2) is 9.37. The van der Waals surface area contributed by atoms with Crippen molar-refractivity contribution in [1.29, 1.82) is 0 Å². The lowest BCUT2D eigenvalue weighted by atomic mass is 10.0. The van der Waals surface area contributed by atoms with Gasteiger partial charge in [-0.05, 0) is 62.5 Å². The van der Waals surface area contributed by atoms with Gasteiger partial charge in [0.05, 0.1) is 5.57 Å². The highest BCUT2D eigenvalue weighted by Gasteiger charge is 2.33. The first-order valence-electron chi connectivity index (χ1n) is 9.25. The van der Waals surface area contributed by atoms with Crippen LogP contribution in [0.25, 0.3) is 0 Å². The number of alkyl halides is 3. The van der Waals surface area contributed by atoms with Gasteiger partial charge in [-0.1, -0.05) is 24.6 Å². The third-order valence-corrected chi connectivity index (χ3v) is 4.53. The Morgan fingerprint density at radius 3 is 2.21 bits per heavy atom. The first-order chi connectivity index (χ1) is 13.5. The lowest BCUT2D eigenvalue weighted by Gasteiger charge is -2.16. The quantitative estimate of drug-likeness (QED) is 0.367. The predicted molar refractivity (Wildman–Crippen MR) is 101 cm³/mol. The van der Waals surface area contributed by atoms with Crippen LogP contribution < -0.4 is 5.32 Å². The molecule has 0 aliphatic heterocycles. The predicted octanol–water partition coefficient (Wildman–Crippen LogP) is 7.19. The monoisotopic (exact) mass is 415 g/mol. The molecule has 0 spiro atoms. The van der Waals surface area contributed by atoms with E-state index in [1.807, 2.05) is 0 Å². The molecule has 158 valence electrons. The second-order valence-electron chi connectivity index (χ2n) is 6.97. The summed E-state index contributed by atoms with van der Waals surface area (Å²) in [5.74, 6) is -2.78. The lowest BCUT2D eigenvalue weighted by molar-refractivity contribution is -0.0883. The summed E-state index contributed by atoms with van der Waals surface area (Å²) in [5, 5.41) is 2.91. The van der Waals surface area contributed by atoms with Crippen molar-refractivity contribution in [2.24, 2.45) is 0 Å². The molecule has 1 N–H and O–H groups in total. The zero-order valence-corrected chi connectivity index (χ0v) is 16.5. The second-order valence-corrected chi connectivity index (χ2v) is 6.97. The summed E-state index contributed by atoms with van der Waals surface area (Å²) < 4.78 is 81.2. The molecule has 1 nitrogen and oxygen atoms in total. The topological polar surface area (TPSA) is 12.0 Å². The summed E-state index contributed by atoms with van der Waals surface area (Å²) in [6.07, 6.45) is -1.13. The number of nitrogens with one attached hydrogen (secondary N) is 1. The third-order valence-electron chi connectivity index (χ3n) is 4.53. The summed E-state index contributed by atoms with van der Waals surface area (Å²) in [7, 11) is 0. The first kappa shape index (κ1) is 22.8. The highest BCUT2D eigenvalue weighted by molar-refractivity contribution is 5.50. The van der Waals surface area contributed by atoms with Crippen LogP contribution >= 0.6 is 0 Å². The largest absolute Gasteiger partial charge is 0.416 e. The Kier molecular flexibility index (Phi) is 7.38. The van der Waals surface area contributed by atoms with Crippen LogP contribution in [0.4, 0.5) is 26.3 Å². The van der Waals surface area contributed by atoms with Crippen LogP contribution in [0.15, 0.2) is 64.2 Å².